The first-order valence-corrected chi connectivity index (χ1v) is 10.5. The number of aliphatic imine (C=N–C) groups is 1. The normalized spacial score (nSPS) is 15.5. The number of para-hydroxylation sites is 1. The molecular formula is C24H34IN3O3. The zero-order chi connectivity index (χ0) is 21.2. The summed E-state index contributed by atoms with van der Waals surface area (Å²) in [7, 11) is 3.53. The molecule has 0 radical (unpaired) electrons. The fourth-order valence-corrected chi connectivity index (χ4v) is 3.87. The van der Waals surface area contributed by atoms with E-state index in [4.69, 9.17) is 14.2 Å². The second-order valence-electron chi connectivity index (χ2n) is 7.61. The number of aryl methyl sites for hydroxylation is 1. The fourth-order valence-electron chi connectivity index (χ4n) is 3.87. The molecule has 2 aromatic rings. The molecule has 3 rings (SSSR count). The van der Waals surface area contributed by atoms with Gasteiger partial charge < -0.3 is 24.8 Å². The molecule has 1 aliphatic heterocycles. The Labute approximate surface area is 202 Å². The lowest BCUT2D eigenvalue weighted by Crippen LogP contribution is -2.48. The summed E-state index contributed by atoms with van der Waals surface area (Å²) in [5, 5.41) is 6.86. The molecule has 2 aromatic carbocycles. The molecule has 0 saturated carbocycles. The molecule has 0 spiro atoms. The van der Waals surface area contributed by atoms with Crippen LogP contribution >= 0.6 is 24.0 Å². The molecule has 0 atom stereocenters. The average molecular weight is 539 g/mol. The molecule has 0 amide bonds. The number of hydrogen-bond donors (Lipinski definition) is 2. The van der Waals surface area contributed by atoms with Crippen molar-refractivity contribution in [3.05, 3.63) is 59.7 Å². The zero-order valence-corrected chi connectivity index (χ0v) is 21.0. The van der Waals surface area contributed by atoms with Crippen molar-refractivity contribution in [2.24, 2.45) is 4.99 Å². The molecule has 1 saturated heterocycles. The Morgan fingerprint density at radius 3 is 2.52 bits per heavy atom. The van der Waals surface area contributed by atoms with Crippen LogP contribution in [-0.2, 0) is 10.2 Å². The summed E-state index contributed by atoms with van der Waals surface area (Å²) in [6.07, 6.45) is 1.88. The van der Waals surface area contributed by atoms with Gasteiger partial charge in [-0.1, -0.05) is 35.9 Å². The van der Waals surface area contributed by atoms with Crippen molar-refractivity contribution in [3.8, 4) is 11.5 Å². The zero-order valence-electron chi connectivity index (χ0n) is 18.6. The van der Waals surface area contributed by atoms with Crippen molar-refractivity contribution in [1.29, 1.82) is 0 Å². The monoisotopic (exact) mass is 539 g/mol. The van der Waals surface area contributed by atoms with Crippen LogP contribution in [0.15, 0.2) is 53.5 Å². The summed E-state index contributed by atoms with van der Waals surface area (Å²) in [6, 6.07) is 16.2. The smallest absolute Gasteiger partial charge is 0.191 e. The number of nitrogens with one attached hydrogen (secondary N) is 2. The standard InChI is InChI=1S/C24H33N3O3.HI/c1-19-9-10-22(28-3)21(17-19)24(11-14-29-15-12-24)18-27-23(25-2)26-13-16-30-20-7-5-4-6-8-20;/h4-10,17H,11-16,18H2,1-3H3,(H2,25,26,27);1H. The van der Waals surface area contributed by atoms with Crippen LogP contribution in [0, 0.1) is 6.92 Å². The molecule has 2 N–H and O–H groups in total. The van der Waals surface area contributed by atoms with E-state index in [1.54, 1.807) is 14.2 Å². The fraction of sp³-hybridized carbons (Fsp3) is 0.458. The lowest BCUT2D eigenvalue weighted by molar-refractivity contribution is 0.0505. The number of benzene rings is 2. The van der Waals surface area contributed by atoms with Gasteiger partial charge in [-0.3, -0.25) is 4.99 Å². The van der Waals surface area contributed by atoms with Crippen molar-refractivity contribution in [1.82, 2.24) is 10.6 Å². The molecule has 0 unspecified atom stereocenters. The van der Waals surface area contributed by atoms with E-state index in [-0.39, 0.29) is 29.4 Å². The Morgan fingerprint density at radius 1 is 1.10 bits per heavy atom. The van der Waals surface area contributed by atoms with Crippen LogP contribution in [0.4, 0.5) is 0 Å². The van der Waals surface area contributed by atoms with E-state index in [2.05, 4.69) is 40.7 Å². The SMILES string of the molecule is CN=C(NCCOc1ccccc1)NCC1(c2cc(C)ccc2OC)CCOCC1.I. The predicted molar refractivity (Wildman–Crippen MR) is 136 cm³/mol. The van der Waals surface area contributed by atoms with Crippen LogP contribution in [0.3, 0.4) is 0 Å². The maximum absolute atomic E-state index is 5.75. The third-order valence-corrected chi connectivity index (χ3v) is 5.60. The molecule has 7 heteroatoms. The van der Waals surface area contributed by atoms with E-state index in [1.165, 1.54) is 11.1 Å². The number of hydrogen-bond acceptors (Lipinski definition) is 4. The molecular weight excluding hydrogens is 505 g/mol. The molecule has 6 nitrogen and oxygen atoms in total. The minimum absolute atomic E-state index is 0. The van der Waals surface area contributed by atoms with Crippen LogP contribution in [0.5, 0.6) is 11.5 Å². The minimum Gasteiger partial charge on any atom is -0.496 e. The molecule has 1 heterocycles. The van der Waals surface area contributed by atoms with Crippen molar-refractivity contribution >= 4 is 29.9 Å². The van der Waals surface area contributed by atoms with Gasteiger partial charge in [0.15, 0.2) is 5.96 Å². The molecule has 1 aliphatic rings. The maximum atomic E-state index is 5.75. The van der Waals surface area contributed by atoms with Gasteiger partial charge in [-0.15, -0.1) is 24.0 Å². The molecule has 0 aliphatic carbocycles. The summed E-state index contributed by atoms with van der Waals surface area (Å²) in [4.78, 5) is 4.38. The van der Waals surface area contributed by atoms with Crippen LogP contribution in [0.2, 0.25) is 0 Å². The number of guanidine groups is 1. The molecule has 1 fully saturated rings. The Bertz CT molecular complexity index is 824. The highest BCUT2D eigenvalue weighted by molar-refractivity contribution is 14.0. The highest BCUT2D eigenvalue weighted by atomic mass is 127. The number of rotatable bonds is 8. The first-order valence-electron chi connectivity index (χ1n) is 10.5. The van der Waals surface area contributed by atoms with Crippen molar-refractivity contribution < 1.29 is 14.2 Å². The van der Waals surface area contributed by atoms with Crippen molar-refractivity contribution in [3.63, 3.8) is 0 Å². The number of ether oxygens (including phenoxy) is 3. The molecule has 0 aromatic heterocycles. The average Bonchev–Trinajstić information content (AvgIpc) is 2.80. The van der Waals surface area contributed by atoms with Crippen LogP contribution in [0.1, 0.15) is 24.0 Å². The van der Waals surface area contributed by atoms with Crippen LogP contribution in [0.25, 0.3) is 0 Å². The second-order valence-corrected chi connectivity index (χ2v) is 7.61. The van der Waals surface area contributed by atoms with E-state index in [0.29, 0.717) is 13.2 Å². The van der Waals surface area contributed by atoms with Gasteiger partial charge in [0.05, 0.1) is 13.7 Å². The van der Waals surface area contributed by atoms with Gasteiger partial charge in [-0.05, 0) is 38.0 Å². The van der Waals surface area contributed by atoms with E-state index in [1.807, 2.05) is 30.3 Å². The number of methoxy groups -OCH3 is 1. The summed E-state index contributed by atoms with van der Waals surface area (Å²) in [6.45, 7) is 5.60. The third kappa shape index (κ3) is 7.00. The van der Waals surface area contributed by atoms with Crippen LogP contribution in [-0.4, -0.2) is 53.0 Å². The highest BCUT2D eigenvalue weighted by Crippen LogP contribution is 2.40. The van der Waals surface area contributed by atoms with Crippen LogP contribution < -0.4 is 20.1 Å². The Morgan fingerprint density at radius 2 is 1.84 bits per heavy atom. The second kappa shape index (κ2) is 12.8. The summed E-state index contributed by atoms with van der Waals surface area (Å²) < 4.78 is 17.1. The van der Waals surface area contributed by atoms with Gasteiger partial charge in [0.2, 0.25) is 0 Å². The highest BCUT2D eigenvalue weighted by Gasteiger charge is 2.37. The third-order valence-electron chi connectivity index (χ3n) is 5.60. The lowest BCUT2D eigenvalue weighted by atomic mass is 9.73. The summed E-state index contributed by atoms with van der Waals surface area (Å²) in [5.74, 6) is 2.57. The number of halogens is 1. The van der Waals surface area contributed by atoms with Gasteiger partial charge in [-0.25, -0.2) is 0 Å². The molecule has 170 valence electrons. The largest absolute Gasteiger partial charge is 0.496 e. The first-order chi connectivity index (χ1) is 14.7. The van der Waals surface area contributed by atoms with Gasteiger partial charge in [0, 0.05) is 37.8 Å². The lowest BCUT2D eigenvalue weighted by Gasteiger charge is -2.39. The van der Waals surface area contributed by atoms with E-state index < -0.39 is 0 Å². The quantitative estimate of drug-likeness (QED) is 0.231. The minimum atomic E-state index is -0.0617. The van der Waals surface area contributed by atoms with E-state index in [0.717, 1.165) is 50.1 Å². The Kier molecular flexibility index (Phi) is 10.4. The Hall–Kier alpha value is -2.00. The van der Waals surface area contributed by atoms with Crippen molar-refractivity contribution in [2.45, 2.75) is 25.2 Å². The van der Waals surface area contributed by atoms with E-state index >= 15 is 0 Å². The van der Waals surface area contributed by atoms with Gasteiger partial charge in [0.1, 0.15) is 18.1 Å². The molecule has 0 bridgehead atoms. The van der Waals surface area contributed by atoms with Gasteiger partial charge in [-0.2, -0.15) is 0 Å². The predicted octanol–water partition coefficient (Wildman–Crippen LogP) is 3.91. The first kappa shape index (κ1) is 25.3. The van der Waals surface area contributed by atoms with E-state index in [9.17, 15) is 0 Å². The summed E-state index contributed by atoms with van der Waals surface area (Å²) >= 11 is 0. The number of nitrogens with zero attached hydrogens (tertiary/aromatic N) is 1. The maximum Gasteiger partial charge on any atom is 0.191 e. The molecule has 31 heavy (non-hydrogen) atoms. The summed E-state index contributed by atoms with van der Waals surface area (Å²) in [5.41, 5.74) is 2.41. The van der Waals surface area contributed by atoms with Gasteiger partial charge >= 0.3 is 0 Å². The van der Waals surface area contributed by atoms with Gasteiger partial charge in [0.25, 0.3) is 0 Å². The topological polar surface area (TPSA) is 64.1 Å². The van der Waals surface area contributed by atoms with Crippen molar-refractivity contribution in [2.75, 3.05) is 47.1 Å². The Balaban J connectivity index is 0.00000341.